The van der Waals surface area contributed by atoms with Gasteiger partial charge in [0, 0.05) is 11.5 Å². The summed E-state index contributed by atoms with van der Waals surface area (Å²) in [4.78, 5) is 11.7. The number of ether oxygens (including phenoxy) is 2. The molecule has 1 unspecified atom stereocenters. The number of esters is 1. The van der Waals surface area contributed by atoms with Crippen LogP contribution >= 0.6 is 0 Å². The molecule has 2 fully saturated rings. The highest BCUT2D eigenvalue weighted by atomic mass is 16.6. The average molecular weight is 248 g/mol. The normalized spacial score (nSPS) is 46.6. The Balaban J connectivity index is 1.87. The van der Waals surface area contributed by atoms with Gasteiger partial charge in [0.1, 0.15) is 12.2 Å². The second kappa shape index (κ2) is 3.95. The summed E-state index contributed by atoms with van der Waals surface area (Å²) in [6.45, 7) is 8.17. The maximum Gasteiger partial charge on any atom is 0.334 e. The Morgan fingerprint density at radius 1 is 1.50 bits per heavy atom. The average Bonchev–Trinajstić information content (AvgIpc) is 2.90. The Labute approximate surface area is 108 Å². The van der Waals surface area contributed by atoms with Crippen molar-refractivity contribution in [3.63, 3.8) is 0 Å². The minimum absolute atomic E-state index is 0.0671. The van der Waals surface area contributed by atoms with Crippen LogP contribution in [0.4, 0.5) is 0 Å². The van der Waals surface area contributed by atoms with Crippen LogP contribution in [0.2, 0.25) is 0 Å². The molecule has 3 heteroatoms. The molecule has 98 valence electrons. The number of carbonyl (C=O) groups is 1. The number of allylic oxidation sites excluding steroid dienone is 2. The number of epoxide rings is 1. The number of fused-ring (bicyclic) bond motifs is 3. The molecule has 3 rings (SSSR count). The zero-order valence-corrected chi connectivity index (χ0v) is 11.1. The van der Waals surface area contributed by atoms with Crippen molar-refractivity contribution in [2.45, 2.75) is 57.3 Å². The fourth-order valence-electron chi connectivity index (χ4n) is 3.20. The van der Waals surface area contributed by atoms with Gasteiger partial charge in [-0.15, -0.1) is 0 Å². The summed E-state index contributed by atoms with van der Waals surface area (Å²) < 4.78 is 11.3. The molecule has 2 saturated heterocycles. The molecule has 3 nitrogen and oxygen atoms in total. The van der Waals surface area contributed by atoms with E-state index >= 15 is 0 Å². The van der Waals surface area contributed by atoms with E-state index in [9.17, 15) is 4.79 Å². The van der Waals surface area contributed by atoms with Gasteiger partial charge >= 0.3 is 5.97 Å². The summed E-state index contributed by atoms with van der Waals surface area (Å²) in [7, 11) is 0. The van der Waals surface area contributed by atoms with Gasteiger partial charge in [0.2, 0.25) is 0 Å². The lowest BCUT2D eigenvalue weighted by Crippen LogP contribution is -2.28. The second-order valence-corrected chi connectivity index (χ2v) is 5.98. The van der Waals surface area contributed by atoms with E-state index in [1.165, 1.54) is 5.57 Å². The minimum Gasteiger partial charge on any atom is -0.455 e. The lowest BCUT2D eigenvalue weighted by Gasteiger charge is -2.19. The van der Waals surface area contributed by atoms with Crippen LogP contribution in [0.5, 0.6) is 0 Å². The first-order chi connectivity index (χ1) is 8.51. The molecule has 0 bridgehead atoms. The van der Waals surface area contributed by atoms with Gasteiger partial charge in [-0.2, -0.15) is 0 Å². The molecule has 0 amide bonds. The Hall–Kier alpha value is -1.09. The van der Waals surface area contributed by atoms with Crippen molar-refractivity contribution in [2.75, 3.05) is 0 Å². The van der Waals surface area contributed by atoms with Crippen LogP contribution in [0, 0.1) is 5.92 Å². The Morgan fingerprint density at radius 3 is 3.06 bits per heavy atom. The number of hydrogen-bond acceptors (Lipinski definition) is 3. The van der Waals surface area contributed by atoms with Crippen molar-refractivity contribution in [3.05, 3.63) is 23.8 Å². The van der Waals surface area contributed by atoms with Crippen molar-refractivity contribution in [1.29, 1.82) is 0 Å². The maximum atomic E-state index is 11.7. The summed E-state index contributed by atoms with van der Waals surface area (Å²) in [5, 5.41) is 0. The molecule has 0 aromatic carbocycles. The van der Waals surface area contributed by atoms with Crippen molar-refractivity contribution in [1.82, 2.24) is 0 Å². The molecule has 4 atom stereocenters. The lowest BCUT2D eigenvalue weighted by molar-refractivity contribution is -0.140. The van der Waals surface area contributed by atoms with Gasteiger partial charge in [-0.3, -0.25) is 0 Å². The first kappa shape index (κ1) is 12.0. The van der Waals surface area contributed by atoms with E-state index in [0.717, 1.165) is 25.7 Å². The first-order valence-electron chi connectivity index (χ1n) is 6.74. The number of rotatable bonds is 0. The van der Waals surface area contributed by atoms with Crippen LogP contribution in [0.15, 0.2) is 23.8 Å². The Bertz CT molecular complexity index is 437. The highest BCUT2D eigenvalue weighted by molar-refractivity contribution is 5.91. The molecule has 0 radical (unpaired) electrons. The molecule has 0 aromatic heterocycles. The Kier molecular flexibility index (Phi) is 2.63. The van der Waals surface area contributed by atoms with Crippen molar-refractivity contribution < 1.29 is 14.3 Å². The zero-order valence-electron chi connectivity index (χ0n) is 11.1. The molecule has 0 spiro atoms. The molecular weight excluding hydrogens is 228 g/mol. The molecule has 18 heavy (non-hydrogen) atoms. The SMILES string of the molecule is C=C1C(=O)O[C@@H]2C3O[C@]3(C)CC/C=C(\C)CC[C@@H]12. The van der Waals surface area contributed by atoms with Gasteiger partial charge < -0.3 is 9.47 Å². The van der Waals surface area contributed by atoms with Gasteiger partial charge in [0.25, 0.3) is 0 Å². The fourth-order valence-corrected chi connectivity index (χ4v) is 3.20. The molecule has 2 aliphatic heterocycles. The predicted molar refractivity (Wildman–Crippen MR) is 68.0 cm³/mol. The van der Waals surface area contributed by atoms with Gasteiger partial charge in [-0.05, 0) is 39.5 Å². The van der Waals surface area contributed by atoms with E-state index in [1.54, 1.807) is 0 Å². The predicted octanol–water partition coefficient (Wildman–Crippen LogP) is 2.76. The van der Waals surface area contributed by atoms with Crippen LogP contribution in [0.25, 0.3) is 0 Å². The quantitative estimate of drug-likeness (QED) is 0.286. The van der Waals surface area contributed by atoms with Crippen molar-refractivity contribution >= 4 is 5.97 Å². The van der Waals surface area contributed by atoms with E-state index < -0.39 is 0 Å². The van der Waals surface area contributed by atoms with E-state index in [0.29, 0.717) is 5.57 Å². The molecule has 0 saturated carbocycles. The van der Waals surface area contributed by atoms with Crippen molar-refractivity contribution in [3.8, 4) is 0 Å². The smallest absolute Gasteiger partial charge is 0.334 e. The fraction of sp³-hybridized carbons (Fsp3) is 0.667. The number of hydrogen-bond donors (Lipinski definition) is 0. The summed E-state index contributed by atoms with van der Waals surface area (Å²) in [6, 6.07) is 0. The third-order valence-electron chi connectivity index (χ3n) is 4.57. The molecule has 1 aliphatic carbocycles. The third kappa shape index (κ3) is 1.81. The largest absolute Gasteiger partial charge is 0.455 e. The van der Waals surface area contributed by atoms with Crippen LogP contribution in [0.3, 0.4) is 0 Å². The van der Waals surface area contributed by atoms with Crippen LogP contribution in [-0.4, -0.2) is 23.8 Å². The van der Waals surface area contributed by atoms with Gasteiger partial charge in [-0.1, -0.05) is 18.2 Å². The summed E-state index contributed by atoms with van der Waals surface area (Å²) >= 11 is 0. The second-order valence-electron chi connectivity index (χ2n) is 5.98. The molecule has 0 N–H and O–H groups in total. The van der Waals surface area contributed by atoms with E-state index in [-0.39, 0.29) is 29.7 Å². The highest BCUT2D eigenvalue weighted by Gasteiger charge is 2.61. The van der Waals surface area contributed by atoms with Crippen LogP contribution in [-0.2, 0) is 14.3 Å². The lowest BCUT2D eigenvalue weighted by atomic mass is 9.84. The summed E-state index contributed by atoms with van der Waals surface area (Å²) in [5.41, 5.74) is 1.91. The molecular formula is C15H20O3. The summed E-state index contributed by atoms with van der Waals surface area (Å²) in [6.07, 6.45) is 6.25. The van der Waals surface area contributed by atoms with Gasteiger partial charge in [0.05, 0.1) is 5.60 Å². The third-order valence-corrected chi connectivity index (χ3v) is 4.57. The zero-order chi connectivity index (χ0) is 12.9. The van der Waals surface area contributed by atoms with Crippen molar-refractivity contribution in [2.24, 2.45) is 5.92 Å². The first-order valence-corrected chi connectivity index (χ1v) is 6.74. The maximum absolute atomic E-state index is 11.7. The highest BCUT2D eigenvalue weighted by Crippen LogP contribution is 2.49. The van der Waals surface area contributed by atoms with Crippen LogP contribution < -0.4 is 0 Å². The van der Waals surface area contributed by atoms with Gasteiger partial charge in [0.15, 0.2) is 0 Å². The molecule has 2 heterocycles. The standard InChI is InChI=1S/C15H20O3/c1-9-5-4-8-15(3)13(18-15)12-11(7-6-9)10(2)14(16)17-12/h5,11-13H,2,4,6-8H2,1,3H3/b9-5+/t11-,12-,13?,15+/m0/s1. The summed E-state index contributed by atoms with van der Waals surface area (Å²) in [5.74, 6) is -0.102. The monoisotopic (exact) mass is 248 g/mol. The topological polar surface area (TPSA) is 38.8 Å². The van der Waals surface area contributed by atoms with E-state index in [2.05, 4.69) is 26.5 Å². The number of carbonyl (C=O) groups excluding carboxylic acids is 1. The van der Waals surface area contributed by atoms with Gasteiger partial charge in [-0.25, -0.2) is 4.79 Å². The van der Waals surface area contributed by atoms with E-state index in [4.69, 9.17) is 9.47 Å². The Morgan fingerprint density at radius 2 is 2.28 bits per heavy atom. The molecule has 3 aliphatic rings. The van der Waals surface area contributed by atoms with Crippen LogP contribution in [0.1, 0.15) is 39.5 Å². The van der Waals surface area contributed by atoms with E-state index in [1.807, 2.05) is 0 Å². The minimum atomic E-state index is -0.233. The molecule has 0 aromatic rings.